The smallest absolute Gasteiger partial charge is 0.356 e. The lowest BCUT2D eigenvalue weighted by Crippen LogP contribution is -2.73. The Labute approximate surface area is 312 Å². The molecule has 3 heterocycles. The highest BCUT2D eigenvalue weighted by molar-refractivity contribution is 8.01. The number of tetrazole rings is 1. The van der Waals surface area contributed by atoms with Gasteiger partial charge in [0.25, 0.3) is 11.6 Å². The molecule has 272 valence electrons. The first-order chi connectivity index (χ1) is 24.7. The van der Waals surface area contributed by atoms with E-state index in [-0.39, 0.29) is 22.3 Å². The summed E-state index contributed by atoms with van der Waals surface area (Å²) in [4.78, 5) is 35.1. The van der Waals surface area contributed by atoms with Crippen LogP contribution in [0.15, 0.2) is 94.2 Å². The Bertz CT molecular complexity index is 1950. The summed E-state index contributed by atoms with van der Waals surface area (Å²) in [5, 5.41) is 22.9. The van der Waals surface area contributed by atoms with E-state index >= 15 is 0 Å². The number of carbonyl (C=O) groups excluding carboxylic acids is 2. The monoisotopic (exact) mass is 740 g/mol. The summed E-state index contributed by atoms with van der Waals surface area (Å²) < 4.78 is 13.8. The minimum atomic E-state index is -1.58. The van der Waals surface area contributed by atoms with Crippen molar-refractivity contribution in [3.05, 3.63) is 112 Å². The Morgan fingerprint density at radius 3 is 2.12 bits per heavy atom. The van der Waals surface area contributed by atoms with Crippen molar-refractivity contribution >= 4 is 41.6 Å². The van der Waals surface area contributed by atoms with Gasteiger partial charge in [-0.3, -0.25) is 9.69 Å². The molecule has 0 aliphatic carbocycles. The van der Waals surface area contributed by atoms with Crippen molar-refractivity contribution in [1.82, 2.24) is 25.1 Å². The van der Waals surface area contributed by atoms with Crippen molar-refractivity contribution in [2.75, 3.05) is 18.6 Å². The molecule has 1 amide bonds. The number of aliphatic imine (C=N–C) groups is 1. The number of benzene rings is 3. The summed E-state index contributed by atoms with van der Waals surface area (Å²) in [6.45, 7) is 12.3. The number of esters is 1. The number of aromatic hydroxyl groups is 1. The van der Waals surface area contributed by atoms with Gasteiger partial charge in [-0.2, -0.15) is 0 Å². The second-order valence-corrected chi connectivity index (χ2v) is 16.9. The maximum Gasteiger partial charge on any atom is 0.356 e. The molecule has 0 spiro atoms. The number of carbonyl (C=O) groups is 2. The van der Waals surface area contributed by atoms with E-state index in [1.54, 1.807) is 17.9 Å². The molecule has 1 saturated heterocycles. The first kappa shape index (κ1) is 37.3. The number of thioether (sulfide) groups is 2. The number of hydrogen-bond donors (Lipinski definition) is 1. The number of aromatic nitrogens is 4. The molecular weight excluding hydrogens is 697 g/mol. The Balaban J connectivity index is 1.37. The largest absolute Gasteiger partial charge is 0.507 e. The topological polar surface area (TPSA) is 132 Å². The average Bonchev–Trinajstić information content (AvgIpc) is 3.53. The van der Waals surface area contributed by atoms with Crippen LogP contribution in [0.5, 0.6) is 5.75 Å². The highest BCUT2D eigenvalue weighted by Crippen LogP contribution is 2.50. The van der Waals surface area contributed by atoms with Gasteiger partial charge in [-0.05, 0) is 55.7 Å². The van der Waals surface area contributed by atoms with Crippen LogP contribution in [0.1, 0.15) is 75.5 Å². The zero-order valence-corrected chi connectivity index (χ0v) is 32.3. The summed E-state index contributed by atoms with van der Waals surface area (Å²) >= 11 is 2.84. The number of ether oxygens (including phenoxy) is 2. The van der Waals surface area contributed by atoms with Crippen LogP contribution in [0.4, 0.5) is 0 Å². The fourth-order valence-electron chi connectivity index (χ4n) is 6.32. The molecular formula is C39H44N6O5S2. The third kappa shape index (κ3) is 7.13. The molecule has 0 saturated carbocycles. The van der Waals surface area contributed by atoms with E-state index in [2.05, 4.69) is 15.5 Å². The molecule has 1 fully saturated rings. The van der Waals surface area contributed by atoms with E-state index in [0.717, 1.165) is 27.8 Å². The normalized spacial score (nSPS) is 19.3. The summed E-state index contributed by atoms with van der Waals surface area (Å²) in [7, 11) is 3.20. The van der Waals surface area contributed by atoms with Gasteiger partial charge < -0.3 is 14.6 Å². The van der Waals surface area contributed by atoms with Crippen LogP contribution in [0, 0.1) is 0 Å². The van der Waals surface area contributed by atoms with Crippen molar-refractivity contribution < 1.29 is 24.2 Å². The molecule has 2 atom stereocenters. The number of amides is 1. The third-order valence-corrected chi connectivity index (χ3v) is 11.6. The number of nitrogens with zero attached hydrogens (tertiary/aromatic N) is 6. The number of phenolic OH excluding ortho intramolecular Hbond substituents is 1. The van der Waals surface area contributed by atoms with E-state index in [9.17, 15) is 14.7 Å². The molecule has 1 N–H and O–H groups in total. The maximum absolute atomic E-state index is 14.5. The molecule has 52 heavy (non-hydrogen) atoms. The van der Waals surface area contributed by atoms with Crippen LogP contribution in [0.25, 0.3) is 0 Å². The lowest BCUT2D eigenvalue weighted by atomic mass is 9.78. The first-order valence-electron chi connectivity index (χ1n) is 17.0. The van der Waals surface area contributed by atoms with Crippen LogP contribution in [-0.4, -0.2) is 78.0 Å². The van der Waals surface area contributed by atoms with Crippen molar-refractivity contribution in [2.24, 2.45) is 12.0 Å². The molecule has 1 aromatic heterocycles. The van der Waals surface area contributed by atoms with Gasteiger partial charge in [0, 0.05) is 43.0 Å². The van der Waals surface area contributed by atoms with Crippen LogP contribution in [0.2, 0.25) is 0 Å². The van der Waals surface area contributed by atoms with Crippen LogP contribution in [-0.2, 0) is 36.9 Å². The Kier molecular flexibility index (Phi) is 10.4. The predicted molar refractivity (Wildman–Crippen MR) is 203 cm³/mol. The zero-order valence-electron chi connectivity index (χ0n) is 30.7. The number of aryl methyl sites for hydroxylation is 1. The van der Waals surface area contributed by atoms with Gasteiger partial charge in [0.15, 0.2) is 6.10 Å². The van der Waals surface area contributed by atoms with Crippen molar-refractivity contribution in [2.45, 2.75) is 74.7 Å². The molecule has 6 rings (SSSR count). The maximum atomic E-state index is 14.5. The Morgan fingerprint density at radius 1 is 1.04 bits per heavy atom. The fourth-order valence-corrected chi connectivity index (χ4v) is 8.74. The number of β-lactam (4-membered cyclic amide) rings is 1. The highest BCUT2D eigenvalue weighted by atomic mass is 32.2. The number of phenols is 1. The molecule has 11 nitrogen and oxygen atoms in total. The summed E-state index contributed by atoms with van der Waals surface area (Å²) in [6.07, 6.45) is 0.926. The SMILES string of the molecule is CO[C@@]1(/N=C/c2cc(C(C)(C)C)c(O)c(C(C)(C)C)c2)C(=O)N2C(C(=O)OC(c3ccccc3)c3ccccc3)=C(CSc3nnnn3C)CS[C@@H]21. The molecule has 0 unspecified atom stereocenters. The van der Waals surface area contributed by atoms with Crippen LogP contribution < -0.4 is 0 Å². The second kappa shape index (κ2) is 14.5. The van der Waals surface area contributed by atoms with Gasteiger partial charge >= 0.3 is 5.97 Å². The van der Waals surface area contributed by atoms with Crippen LogP contribution >= 0.6 is 23.5 Å². The number of methoxy groups -OCH3 is 1. The van der Waals surface area contributed by atoms with Gasteiger partial charge in [0.1, 0.15) is 16.8 Å². The van der Waals surface area contributed by atoms with E-state index in [4.69, 9.17) is 14.5 Å². The van der Waals surface area contributed by atoms with Gasteiger partial charge in [0.2, 0.25) is 5.16 Å². The summed E-state index contributed by atoms with van der Waals surface area (Å²) in [5.41, 5.74) is 2.50. The zero-order chi connectivity index (χ0) is 37.4. The minimum absolute atomic E-state index is 0.172. The lowest BCUT2D eigenvalue weighted by molar-refractivity contribution is -0.183. The number of fused-ring (bicyclic) bond motifs is 1. The molecule has 13 heteroatoms. The summed E-state index contributed by atoms with van der Waals surface area (Å²) in [5.74, 6) is -0.0704. The van der Waals surface area contributed by atoms with Gasteiger partial charge in [-0.25, -0.2) is 14.5 Å². The van der Waals surface area contributed by atoms with Crippen LogP contribution in [0.3, 0.4) is 0 Å². The highest BCUT2D eigenvalue weighted by Gasteiger charge is 2.66. The average molecular weight is 741 g/mol. The lowest BCUT2D eigenvalue weighted by Gasteiger charge is -2.54. The van der Waals surface area contributed by atoms with Crippen molar-refractivity contribution in [3.8, 4) is 5.75 Å². The van der Waals surface area contributed by atoms with Gasteiger partial charge in [0.05, 0.1) is 0 Å². The predicted octanol–water partition coefficient (Wildman–Crippen LogP) is 6.57. The quantitative estimate of drug-likeness (QED) is 0.0825. The molecule has 0 radical (unpaired) electrons. The van der Waals surface area contributed by atoms with E-state index in [1.807, 2.05) is 114 Å². The fraction of sp³-hybridized carbons (Fsp3) is 0.385. The van der Waals surface area contributed by atoms with Crippen molar-refractivity contribution in [1.29, 1.82) is 0 Å². The van der Waals surface area contributed by atoms with Gasteiger partial charge in [-0.15, -0.1) is 16.9 Å². The van der Waals surface area contributed by atoms with Gasteiger partial charge in [-0.1, -0.05) is 114 Å². The summed E-state index contributed by atoms with van der Waals surface area (Å²) in [6, 6.07) is 22.9. The third-order valence-electron chi connectivity index (χ3n) is 9.13. The second-order valence-electron chi connectivity index (χ2n) is 14.9. The number of hydrogen-bond acceptors (Lipinski definition) is 11. The minimum Gasteiger partial charge on any atom is -0.507 e. The standard InChI is InChI=1S/C39H44N6O5S2/c1-37(2,3)28-19-24(20-29(31(28)46)38(4,5)6)21-40-39(49-8)34(48)45-30(27(22-51-35(39)45)23-52-36-41-42-43-44(36)7)33(47)50-32(25-15-11-9-12-16-25)26-17-13-10-14-18-26/h9-21,32,35,46H,22-23H2,1-8H3/b40-21+/t35-,39+/m1/s1. The molecule has 2 aliphatic rings. The first-order valence-corrected chi connectivity index (χ1v) is 19.0. The Hall–Kier alpha value is -4.46. The molecule has 4 aromatic rings. The molecule has 0 bridgehead atoms. The van der Waals surface area contributed by atoms with Crippen molar-refractivity contribution in [3.63, 3.8) is 0 Å². The van der Waals surface area contributed by atoms with E-state index < -0.39 is 29.1 Å². The molecule has 2 aliphatic heterocycles. The Morgan fingerprint density at radius 2 is 1.62 bits per heavy atom. The van der Waals surface area contributed by atoms with E-state index in [0.29, 0.717) is 22.2 Å². The van der Waals surface area contributed by atoms with E-state index in [1.165, 1.54) is 35.5 Å². The molecule has 3 aromatic carbocycles. The number of rotatable bonds is 10.